The van der Waals surface area contributed by atoms with E-state index in [0.29, 0.717) is 11.5 Å². The molecule has 1 aromatic rings. The fourth-order valence-corrected chi connectivity index (χ4v) is 2.51. The molecule has 1 aliphatic carbocycles. The van der Waals surface area contributed by atoms with Crippen LogP contribution in [0, 0.1) is 13.8 Å². The van der Waals surface area contributed by atoms with Crippen LogP contribution in [0.15, 0.2) is 4.52 Å². The zero-order chi connectivity index (χ0) is 12.0. The first kappa shape index (κ1) is 11.5. The smallest absolute Gasteiger partial charge is 0.248 e. The molecule has 1 aromatic heterocycles. The molecule has 1 saturated carbocycles. The molecule has 2 rings (SSSR count). The van der Waals surface area contributed by atoms with Crippen molar-refractivity contribution < 1.29 is 13.3 Å². The van der Waals surface area contributed by atoms with Gasteiger partial charge in [-0.3, -0.25) is 0 Å². The van der Waals surface area contributed by atoms with Gasteiger partial charge in [-0.15, -0.1) is 0 Å². The Hall–Kier alpha value is -0.970. The van der Waals surface area contributed by atoms with Crippen LogP contribution in [0.2, 0.25) is 0 Å². The summed E-state index contributed by atoms with van der Waals surface area (Å²) in [5.74, 6) is -1.92. The lowest BCUT2D eigenvalue weighted by Crippen LogP contribution is -2.44. The van der Waals surface area contributed by atoms with Crippen molar-refractivity contribution in [3.8, 4) is 0 Å². The van der Waals surface area contributed by atoms with Gasteiger partial charge in [-0.25, -0.2) is 8.78 Å². The molecule has 0 aliphatic heterocycles. The fourth-order valence-electron chi connectivity index (χ4n) is 2.51. The molecule has 1 aliphatic rings. The molecule has 2 N–H and O–H groups in total. The van der Waals surface area contributed by atoms with E-state index in [4.69, 9.17) is 10.3 Å². The zero-order valence-electron chi connectivity index (χ0n) is 9.52. The summed E-state index contributed by atoms with van der Waals surface area (Å²) in [5, 5.41) is 3.83. The molecule has 0 unspecified atom stereocenters. The first-order valence-corrected chi connectivity index (χ1v) is 5.44. The molecule has 0 saturated heterocycles. The maximum Gasteiger partial charge on any atom is 0.248 e. The highest BCUT2D eigenvalue weighted by atomic mass is 19.3. The second kappa shape index (κ2) is 3.52. The van der Waals surface area contributed by atoms with Crippen molar-refractivity contribution in [1.29, 1.82) is 0 Å². The molecule has 0 spiro atoms. The third-order valence-corrected chi connectivity index (χ3v) is 3.41. The van der Waals surface area contributed by atoms with Gasteiger partial charge in [-0.1, -0.05) is 5.16 Å². The Morgan fingerprint density at radius 1 is 1.19 bits per heavy atom. The van der Waals surface area contributed by atoms with Crippen LogP contribution in [0.3, 0.4) is 0 Å². The average molecular weight is 230 g/mol. The number of aromatic nitrogens is 1. The van der Waals surface area contributed by atoms with Gasteiger partial charge in [0.1, 0.15) is 5.76 Å². The summed E-state index contributed by atoms with van der Waals surface area (Å²) < 4.78 is 31.2. The summed E-state index contributed by atoms with van der Waals surface area (Å²) >= 11 is 0. The molecule has 16 heavy (non-hydrogen) atoms. The normalized spacial score (nSPS) is 23.3. The number of nitrogens with two attached hydrogens (primary N) is 1. The summed E-state index contributed by atoms with van der Waals surface area (Å²) in [6.45, 7) is 3.57. The van der Waals surface area contributed by atoms with Gasteiger partial charge in [0.05, 0.1) is 5.69 Å². The summed E-state index contributed by atoms with van der Waals surface area (Å²) in [7, 11) is 0. The fraction of sp³-hybridized carbons (Fsp3) is 0.727. The van der Waals surface area contributed by atoms with Crippen molar-refractivity contribution in [2.75, 3.05) is 0 Å². The van der Waals surface area contributed by atoms with Gasteiger partial charge < -0.3 is 10.3 Å². The van der Waals surface area contributed by atoms with E-state index < -0.39 is 11.5 Å². The molecule has 0 atom stereocenters. The Labute approximate surface area is 93.0 Å². The predicted molar refractivity (Wildman–Crippen MR) is 55.3 cm³/mol. The van der Waals surface area contributed by atoms with E-state index in [1.807, 2.05) is 0 Å². The Morgan fingerprint density at radius 2 is 1.75 bits per heavy atom. The maximum absolute atomic E-state index is 13.1. The van der Waals surface area contributed by atoms with Gasteiger partial charge in [0, 0.05) is 23.9 Å². The molecular formula is C11H16F2N2O. The number of aryl methyl sites for hydroxylation is 2. The number of rotatable bonds is 1. The predicted octanol–water partition coefficient (Wildman–Crippen LogP) is 2.65. The van der Waals surface area contributed by atoms with Crippen LogP contribution in [0.25, 0.3) is 0 Å². The molecule has 0 radical (unpaired) electrons. The van der Waals surface area contributed by atoms with E-state index in [1.54, 1.807) is 13.8 Å². The van der Waals surface area contributed by atoms with Gasteiger partial charge in [0.2, 0.25) is 5.92 Å². The third kappa shape index (κ3) is 1.84. The van der Waals surface area contributed by atoms with Gasteiger partial charge in [0.15, 0.2) is 0 Å². The molecule has 0 bridgehead atoms. The molecule has 1 fully saturated rings. The first-order chi connectivity index (χ1) is 7.34. The lowest BCUT2D eigenvalue weighted by atomic mass is 9.75. The van der Waals surface area contributed by atoms with Crippen molar-refractivity contribution in [3.05, 3.63) is 17.0 Å². The Balaban J connectivity index is 2.28. The van der Waals surface area contributed by atoms with Gasteiger partial charge in [-0.2, -0.15) is 0 Å². The molecule has 0 amide bonds. The van der Waals surface area contributed by atoms with Crippen molar-refractivity contribution in [1.82, 2.24) is 5.16 Å². The monoisotopic (exact) mass is 230 g/mol. The lowest BCUT2D eigenvalue weighted by molar-refractivity contribution is -0.0516. The maximum atomic E-state index is 13.1. The van der Waals surface area contributed by atoms with Crippen LogP contribution < -0.4 is 5.73 Å². The van der Waals surface area contributed by atoms with Crippen LogP contribution in [0.1, 0.15) is 42.7 Å². The minimum Gasteiger partial charge on any atom is -0.361 e. The van der Waals surface area contributed by atoms with Crippen LogP contribution in [-0.2, 0) is 5.54 Å². The Morgan fingerprint density at radius 3 is 2.19 bits per heavy atom. The van der Waals surface area contributed by atoms with E-state index in [2.05, 4.69) is 5.16 Å². The highest BCUT2D eigenvalue weighted by Crippen LogP contribution is 2.43. The average Bonchev–Trinajstić information content (AvgIpc) is 2.53. The van der Waals surface area contributed by atoms with Crippen molar-refractivity contribution >= 4 is 0 Å². The van der Waals surface area contributed by atoms with Gasteiger partial charge in [-0.05, 0) is 26.7 Å². The molecule has 0 aromatic carbocycles. The molecule has 1 heterocycles. The molecule has 5 heteroatoms. The quantitative estimate of drug-likeness (QED) is 0.806. The summed E-state index contributed by atoms with van der Waals surface area (Å²) in [6.07, 6.45) is 0.243. The standard InChI is InChI=1S/C11H16F2N2O/c1-7-9(8(2)16-15-7)10(14)3-5-11(12,13)6-4-10/h3-6,14H2,1-2H3. The van der Waals surface area contributed by atoms with Crippen LogP contribution in [0.5, 0.6) is 0 Å². The molecule has 90 valence electrons. The lowest BCUT2D eigenvalue weighted by Gasteiger charge is -2.37. The van der Waals surface area contributed by atoms with Gasteiger partial charge in [0.25, 0.3) is 0 Å². The molecular weight excluding hydrogens is 214 g/mol. The van der Waals surface area contributed by atoms with Crippen LogP contribution >= 0.6 is 0 Å². The zero-order valence-corrected chi connectivity index (χ0v) is 9.52. The summed E-state index contributed by atoms with van der Waals surface area (Å²) in [6, 6.07) is 0. The number of hydrogen-bond acceptors (Lipinski definition) is 3. The number of nitrogens with zero attached hydrogens (tertiary/aromatic N) is 1. The number of alkyl halides is 2. The largest absolute Gasteiger partial charge is 0.361 e. The van der Waals surface area contributed by atoms with E-state index >= 15 is 0 Å². The van der Waals surface area contributed by atoms with E-state index in [-0.39, 0.29) is 25.7 Å². The second-order valence-corrected chi connectivity index (χ2v) is 4.71. The van der Waals surface area contributed by atoms with Crippen LogP contribution in [0.4, 0.5) is 8.78 Å². The topological polar surface area (TPSA) is 52.0 Å². The minimum absolute atomic E-state index is 0.159. The van der Waals surface area contributed by atoms with Crippen molar-refractivity contribution in [3.63, 3.8) is 0 Å². The van der Waals surface area contributed by atoms with Gasteiger partial charge >= 0.3 is 0 Å². The Bertz CT molecular complexity index is 371. The number of hydrogen-bond donors (Lipinski definition) is 1. The van der Waals surface area contributed by atoms with E-state index in [0.717, 1.165) is 5.56 Å². The van der Waals surface area contributed by atoms with E-state index in [1.165, 1.54) is 0 Å². The number of halogens is 2. The highest BCUT2D eigenvalue weighted by molar-refractivity contribution is 5.30. The van der Waals surface area contributed by atoms with E-state index in [9.17, 15) is 8.78 Å². The summed E-state index contributed by atoms with van der Waals surface area (Å²) in [4.78, 5) is 0. The molecule has 3 nitrogen and oxygen atoms in total. The highest BCUT2D eigenvalue weighted by Gasteiger charge is 2.44. The Kier molecular flexibility index (Phi) is 2.53. The SMILES string of the molecule is Cc1noc(C)c1C1(N)CCC(F)(F)CC1. The third-order valence-electron chi connectivity index (χ3n) is 3.41. The van der Waals surface area contributed by atoms with Crippen LogP contribution in [-0.4, -0.2) is 11.1 Å². The summed E-state index contributed by atoms with van der Waals surface area (Å²) in [5.41, 5.74) is 7.04. The first-order valence-electron chi connectivity index (χ1n) is 5.44. The second-order valence-electron chi connectivity index (χ2n) is 4.71. The minimum atomic E-state index is -2.57. The van der Waals surface area contributed by atoms with Crippen molar-refractivity contribution in [2.45, 2.75) is 51.0 Å². The van der Waals surface area contributed by atoms with Crippen molar-refractivity contribution in [2.24, 2.45) is 5.73 Å².